The predicted molar refractivity (Wildman–Crippen MR) is 85.4 cm³/mol. The van der Waals surface area contributed by atoms with Gasteiger partial charge < -0.3 is 10.1 Å². The van der Waals surface area contributed by atoms with E-state index < -0.39 is 0 Å². The zero-order valence-corrected chi connectivity index (χ0v) is 13.4. The number of para-hydroxylation sites is 1. The number of rotatable bonds is 2. The van der Waals surface area contributed by atoms with Crippen LogP contribution in [-0.4, -0.2) is 7.05 Å². The third-order valence-corrected chi connectivity index (χ3v) is 4.50. The van der Waals surface area contributed by atoms with Crippen molar-refractivity contribution in [2.45, 2.75) is 18.6 Å². The Balaban J connectivity index is 2.00. The number of ether oxygens (including phenoxy) is 1. The van der Waals surface area contributed by atoms with Crippen LogP contribution in [0.1, 0.15) is 29.7 Å². The Morgan fingerprint density at radius 1 is 1.20 bits per heavy atom. The van der Waals surface area contributed by atoms with Crippen LogP contribution in [0.4, 0.5) is 0 Å². The molecule has 1 N–H and O–H groups in total. The van der Waals surface area contributed by atoms with Gasteiger partial charge in [-0.05, 0) is 31.3 Å². The Labute approximate surface area is 132 Å². The maximum absolute atomic E-state index is 6.33. The monoisotopic (exact) mass is 351 g/mol. The van der Waals surface area contributed by atoms with Crippen molar-refractivity contribution in [2.75, 3.05) is 7.05 Å². The van der Waals surface area contributed by atoms with E-state index in [9.17, 15) is 0 Å². The molecule has 1 heterocycles. The highest BCUT2D eigenvalue weighted by Gasteiger charge is 2.29. The molecule has 0 aromatic heterocycles. The van der Waals surface area contributed by atoms with Gasteiger partial charge in [-0.15, -0.1) is 0 Å². The van der Waals surface area contributed by atoms with E-state index >= 15 is 0 Å². The highest BCUT2D eigenvalue weighted by molar-refractivity contribution is 9.10. The number of nitrogens with one attached hydrogen (secondary N) is 1. The average molecular weight is 353 g/mol. The van der Waals surface area contributed by atoms with Gasteiger partial charge in [0.25, 0.3) is 0 Å². The van der Waals surface area contributed by atoms with E-state index in [4.69, 9.17) is 16.3 Å². The highest BCUT2D eigenvalue weighted by Crippen LogP contribution is 2.42. The van der Waals surface area contributed by atoms with Gasteiger partial charge in [-0.2, -0.15) is 0 Å². The molecule has 0 fully saturated rings. The second-order valence-electron chi connectivity index (χ2n) is 4.89. The topological polar surface area (TPSA) is 21.3 Å². The molecule has 0 spiro atoms. The molecular formula is C16H15BrClNO. The van der Waals surface area contributed by atoms with Gasteiger partial charge in [0.2, 0.25) is 0 Å². The van der Waals surface area contributed by atoms with Gasteiger partial charge in [-0.1, -0.05) is 45.7 Å². The van der Waals surface area contributed by atoms with Gasteiger partial charge in [0, 0.05) is 33.1 Å². The van der Waals surface area contributed by atoms with Gasteiger partial charge in [-0.25, -0.2) is 0 Å². The summed E-state index contributed by atoms with van der Waals surface area (Å²) in [6.07, 6.45) is 0.830. The molecular weight excluding hydrogens is 338 g/mol. The average Bonchev–Trinajstić information content (AvgIpc) is 2.48. The molecule has 0 saturated carbocycles. The Kier molecular flexibility index (Phi) is 4.01. The summed E-state index contributed by atoms with van der Waals surface area (Å²) < 4.78 is 7.15. The van der Waals surface area contributed by atoms with Gasteiger partial charge in [0.05, 0.1) is 0 Å². The molecule has 0 saturated heterocycles. The van der Waals surface area contributed by atoms with E-state index in [0.29, 0.717) is 0 Å². The van der Waals surface area contributed by atoms with Crippen molar-refractivity contribution >= 4 is 27.5 Å². The van der Waals surface area contributed by atoms with E-state index in [1.807, 2.05) is 43.4 Å². The molecule has 2 unspecified atom stereocenters. The quantitative estimate of drug-likeness (QED) is 0.831. The van der Waals surface area contributed by atoms with Crippen LogP contribution in [-0.2, 0) is 0 Å². The summed E-state index contributed by atoms with van der Waals surface area (Å²) in [5, 5.41) is 4.10. The van der Waals surface area contributed by atoms with Crippen molar-refractivity contribution < 1.29 is 4.74 Å². The van der Waals surface area contributed by atoms with Gasteiger partial charge in [-0.3, -0.25) is 0 Å². The lowest BCUT2D eigenvalue weighted by molar-refractivity contribution is 0.154. The Morgan fingerprint density at radius 3 is 2.80 bits per heavy atom. The fourth-order valence-electron chi connectivity index (χ4n) is 2.64. The maximum Gasteiger partial charge on any atom is 0.127 e. The second-order valence-corrected chi connectivity index (χ2v) is 6.21. The SMILES string of the molecule is CNC1CC(c2cc(Br)ccc2Cl)Oc2ccccc21. The van der Waals surface area contributed by atoms with Crippen LogP contribution in [0.2, 0.25) is 5.02 Å². The van der Waals surface area contributed by atoms with Crippen LogP contribution >= 0.6 is 27.5 Å². The van der Waals surface area contributed by atoms with E-state index in [1.165, 1.54) is 5.56 Å². The first-order valence-corrected chi connectivity index (χ1v) is 7.74. The van der Waals surface area contributed by atoms with Crippen LogP contribution in [0.3, 0.4) is 0 Å². The molecule has 2 aromatic rings. The molecule has 2 atom stereocenters. The van der Waals surface area contributed by atoms with E-state index in [0.717, 1.165) is 27.2 Å². The molecule has 104 valence electrons. The molecule has 0 radical (unpaired) electrons. The third-order valence-electron chi connectivity index (χ3n) is 3.67. The summed E-state index contributed by atoms with van der Waals surface area (Å²) in [6, 6.07) is 14.3. The van der Waals surface area contributed by atoms with Crippen molar-refractivity contribution in [3.05, 3.63) is 63.1 Å². The van der Waals surface area contributed by atoms with Crippen molar-refractivity contribution in [2.24, 2.45) is 0 Å². The Morgan fingerprint density at radius 2 is 2.00 bits per heavy atom. The van der Waals surface area contributed by atoms with Gasteiger partial charge in [0.1, 0.15) is 11.9 Å². The molecule has 0 amide bonds. The first kappa shape index (κ1) is 13.9. The summed E-state index contributed by atoms with van der Waals surface area (Å²) >= 11 is 9.82. The van der Waals surface area contributed by atoms with Crippen LogP contribution in [0.5, 0.6) is 5.75 Å². The second kappa shape index (κ2) is 5.76. The number of benzene rings is 2. The van der Waals surface area contributed by atoms with Gasteiger partial charge in [0.15, 0.2) is 0 Å². The smallest absolute Gasteiger partial charge is 0.127 e. The lowest BCUT2D eigenvalue weighted by Gasteiger charge is -2.32. The van der Waals surface area contributed by atoms with Crippen molar-refractivity contribution in [3.8, 4) is 5.75 Å². The standard InChI is InChI=1S/C16H15BrClNO/c1-19-14-9-16(12-8-10(17)6-7-13(12)18)20-15-5-3-2-4-11(14)15/h2-8,14,16,19H,9H2,1H3. The summed E-state index contributed by atoms with van der Waals surface area (Å²) in [6.45, 7) is 0. The third kappa shape index (κ3) is 2.58. The molecule has 4 heteroatoms. The minimum atomic E-state index is -0.0349. The van der Waals surface area contributed by atoms with E-state index in [1.54, 1.807) is 0 Å². The summed E-state index contributed by atoms with van der Waals surface area (Å²) in [5.41, 5.74) is 2.23. The van der Waals surface area contributed by atoms with Crippen LogP contribution in [0.25, 0.3) is 0 Å². The molecule has 3 rings (SSSR count). The molecule has 0 bridgehead atoms. The predicted octanol–water partition coefficient (Wildman–Crippen LogP) is 4.89. The van der Waals surface area contributed by atoms with Crippen molar-refractivity contribution in [1.29, 1.82) is 0 Å². The number of fused-ring (bicyclic) bond motifs is 1. The molecule has 20 heavy (non-hydrogen) atoms. The summed E-state index contributed by atoms with van der Waals surface area (Å²) in [5.74, 6) is 0.930. The molecule has 2 aromatic carbocycles. The Hall–Kier alpha value is -1.03. The normalized spacial score (nSPS) is 21.1. The number of hydrogen-bond donors (Lipinski definition) is 1. The minimum Gasteiger partial charge on any atom is -0.485 e. The van der Waals surface area contributed by atoms with E-state index in [2.05, 4.69) is 27.3 Å². The van der Waals surface area contributed by atoms with Crippen molar-refractivity contribution in [1.82, 2.24) is 5.32 Å². The Bertz CT molecular complexity index is 632. The lowest BCUT2D eigenvalue weighted by atomic mass is 9.93. The zero-order chi connectivity index (χ0) is 14.1. The first-order valence-electron chi connectivity index (χ1n) is 6.57. The maximum atomic E-state index is 6.33. The fraction of sp³-hybridized carbons (Fsp3) is 0.250. The summed E-state index contributed by atoms with van der Waals surface area (Å²) in [4.78, 5) is 0. The highest BCUT2D eigenvalue weighted by atomic mass is 79.9. The number of hydrogen-bond acceptors (Lipinski definition) is 2. The molecule has 0 aliphatic carbocycles. The molecule has 1 aliphatic rings. The lowest BCUT2D eigenvalue weighted by Crippen LogP contribution is -2.26. The van der Waals surface area contributed by atoms with Gasteiger partial charge >= 0.3 is 0 Å². The minimum absolute atomic E-state index is 0.0349. The fourth-order valence-corrected chi connectivity index (χ4v) is 3.26. The first-order chi connectivity index (χ1) is 9.69. The van der Waals surface area contributed by atoms with E-state index in [-0.39, 0.29) is 12.1 Å². The largest absolute Gasteiger partial charge is 0.485 e. The molecule has 2 nitrogen and oxygen atoms in total. The van der Waals surface area contributed by atoms with Crippen LogP contribution in [0, 0.1) is 0 Å². The van der Waals surface area contributed by atoms with Crippen molar-refractivity contribution in [3.63, 3.8) is 0 Å². The van der Waals surface area contributed by atoms with Crippen LogP contribution < -0.4 is 10.1 Å². The van der Waals surface area contributed by atoms with Crippen LogP contribution in [0.15, 0.2) is 46.9 Å². The number of halogens is 2. The zero-order valence-electron chi connectivity index (χ0n) is 11.1. The molecule has 1 aliphatic heterocycles. The summed E-state index contributed by atoms with van der Waals surface area (Å²) in [7, 11) is 1.98.